The van der Waals surface area contributed by atoms with Gasteiger partial charge in [-0.25, -0.2) is 0 Å². The van der Waals surface area contributed by atoms with E-state index in [4.69, 9.17) is 4.52 Å². The second-order valence-electron chi connectivity index (χ2n) is 7.53. The minimum absolute atomic E-state index is 0.0413. The smallest absolute Gasteiger partial charge is 0.337 e. The van der Waals surface area contributed by atoms with Crippen LogP contribution in [0, 0.1) is 6.92 Å². The lowest BCUT2D eigenvalue weighted by Crippen LogP contribution is -2.47. The van der Waals surface area contributed by atoms with Crippen LogP contribution < -0.4 is 0 Å². The van der Waals surface area contributed by atoms with Crippen LogP contribution in [0.4, 0.5) is 13.2 Å². The van der Waals surface area contributed by atoms with Gasteiger partial charge in [0.25, 0.3) is 0 Å². The van der Waals surface area contributed by atoms with Gasteiger partial charge in [0.1, 0.15) is 0 Å². The summed E-state index contributed by atoms with van der Waals surface area (Å²) in [6.07, 6.45) is -3.05. The quantitative estimate of drug-likeness (QED) is 0.629. The predicted molar refractivity (Wildman–Crippen MR) is 103 cm³/mol. The first kappa shape index (κ1) is 20.5. The molecule has 10 heteroatoms. The number of benzene rings is 1. The number of hydrogen-bond donors (Lipinski definition) is 0. The highest BCUT2D eigenvalue weighted by Gasteiger charge is 2.34. The van der Waals surface area contributed by atoms with E-state index in [9.17, 15) is 13.2 Å². The Bertz CT molecular complexity index is 973. The van der Waals surface area contributed by atoms with E-state index in [1.165, 1.54) is 16.4 Å². The number of alkyl halides is 3. The van der Waals surface area contributed by atoms with Crippen molar-refractivity contribution in [1.82, 2.24) is 29.7 Å². The minimum atomic E-state index is -4.42. The molecule has 0 saturated carbocycles. The molecule has 1 aliphatic heterocycles. The van der Waals surface area contributed by atoms with E-state index in [2.05, 4.69) is 25.0 Å². The van der Waals surface area contributed by atoms with Crippen LogP contribution in [-0.4, -0.2) is 55.9 Å². The lowest BCUT2D eigenvalue weighted by Gasteiger charge is -2.36. The van der Waals surface area contributed by atoms with Crippen LogP contribution in [0.2, 0.25) is 0 Å². The molecule has 3 aromatic rings. The lowest BCUT2D eigenvalue weighted by atomic mass is 10.1. The Labute approximate surface area is 172 Å². The third-order valence-electron chi connectivity index (χ3n) is 5.34. The lowest BCUT2D eigenvalue weighted by molar-refractivity contribution is -0.141. The maximum atomic E-state index is 12.7. The summed E-state index contributed by atoms with van der Waals surface area (Å²) in [5.74, 6) is 1.12. The molecule has 0 N–H and O–H groups in total. The number of halogens is 3. The number of aromatic nitrogens is 4. The summed E-state index contributed by atoms with van der Waals surface area (Å²) >= 11 is 0. The first-order chi connectivity index (χ1) is 14.3. The Morgan fingerprint density at radius 1 is 1.07 bits per heavy atom. The van der Waals surface area contributed by atoms with Gasteiger partial charge in [0, 0.05) is 37.9 Å². The highest BCUT2D eigenvalue weighted by Crippen LogP contribution is 2.27. The maximum Gasteiger partial charge on any atom is 0.435 e. The summed E-state index contributed by atoms with van der Waals surface area (Å²) in [6, 6.07) is 8.90. The number of hydrogen-bond acceptors (Lipinski definition) is 6. The Hall–Kier alpha value is -2.72. The fourth-order valence-corrected chi connectivity index (χ4v) is 3.47. The van der Waals surface area contributed by atoms with Gasteiger partial charge in [-0.15, -0.1) is 0 Å². The van der Waals surface area contributed by atoms with E-state index in [0.717, 1.165) is 24.7 Å². The molecule has 1 aliphatic rings. The summed E-state index contributed by atoms with van der Waals surface area (Å²) in [5, 5.41) is 7.72. The van der Waals surface area contributed by atoms with E-state index < -0.39 is 11.9 Å². The van der Waals surface area contributed by atoms with Crippen molar-refractivity contribution < 1.29 is 17.7 Å². The number of nitrogens with zero attached hydrogens (tertiary/aromatic N) is 6. The second kappa shape index (κ2) is 8.19. The Morgan fingerprint density at radius 3 is 2.40 bits per heavy atom. The molecule has 0 amide bonds. The summed E-state index contributed by atoms with van der Waals surface area (Å²) in [7, 11) is 0. The van der Waals surface area contributed by atoms with Crippen molar-refractivity contribution in [1.29, 1.82) is 0 Å². The fraction of sp³-hybridized carbons (Fsp3) is 0.450. The molecule has 160 valence electrons. The first-order valence-electron chi connectivity index (χ1n) is 9.77. The molecule has 1 atom stereocenters. The first-order valence-corrected chi connectivity index (χ1v) is 9.77. The second-order valence-corrected chi connectivity index (χ2v) is 7.53. The van der Waals surface area contributed by atoms with Crippen molar-refractivity contribution in [2.75, 3.05) is 26.2 Å². The van der Waals surface area contributed by atoms with Crippen LogP contribution >= 0.6 is 0 Å². The standard InChI is InChI=1S/C20H23F3N6O/c1-14-3-5-16(6-4-14)18-24-19(30-26-18)15(2)28-11-9-27(10-12-28)13-29-8-7-17(25-29)20(21,22)23/h3-8,15H,9-13H2,1-2H3. The van der Waals surface area contributed by atoms with E-state index in [1.54, 1.807) is 0 Å². The monoisotopic (exact) mass is 420 g/mol. The van der Waals surface area contributed by atoms with Crippen molar-refractivity contribution in [2.24, 2.45) is 0 Å². The van der Waals surface area contributed by atoms with E-state index >= 15 is 0 Å². The Balaban J connectivity index is 1.33. The SMILES string of the molecule is Cc1ccc(-c2noc(C(C)N3CCN(Cn4ccc(C(F)(F)F)n4)CC3)n2)cc1. The number of aryl methyl sites for hydroxylation is 1. The molecule has 0 aliphatic carbocycles. The third kappa shape index (κ3) is 4.54. The van der Waals surface area contributed by atoms with Crippen LogP contribution in [0.3, 0.4) is 0 Å². The number of piperazine rings is 1. The van der Waals surface area contributed by atoms with Crippen molar-refractivity contribution in [3.63, 3.8) is 0 Å². The van der Waals surface area contributed by atoms with Crippen LogP contribution in [0.5, 0.6) is 0 Å². The zero-order valence-electron chi connectivity index (χ0n) is 16.8. The van der Waals surface area contributed by atoms with Gasteiger partial charge in [0.15, 0.2) is 5.69 Å². The van der Waals surface area contributed by atoms with E-state index in [1.807, 2.05) is 38.1 Å². The average Bonchev–Trinajstić information content (AvgIpc) is 3.38. The van der Waals surface area contributed by atoms with E-state index in [-0.39, 0.29) is 6.04 Å². The zero-order chi connectivity index (χ0) is 21.3. The molecule has 0 radical (unpaired) electrons. The highest BCUT2D eigenvalue weighted by atomic mass is 19.4. The van der Waals surface area contributed by atoms with Crippen molar-refractivity contribution in [3.05, 3.63) is 53.7 Å². The summed E-state index contributed by atoms with van der Waals surface area (Å²) in [6.45, 7) is 7.29. The largest absolute Gasteiger partial charge is 0.435 e. The van der Waals surface area contributed by atoms with Gasteiger partial charge in [0.2, 0.25) is 11.7 Å². The molecule has 1 aromatic carbocycles. The predicted octanol–water partition coefficient (Wildman–Crippen LogP) is 3.60. The third-order valence-corrected chi connectivity index (χ3v) is 5.34. The molecular formula is C20H23F3N6O. The van der Waals surface area contributed by atoms with Gasteiger partial charge in [-0.1, -0.05) is 35.0 Å². The molecular weight excluding hydrogens is 397 g/mol. The zero-order valence-corrected chi connectivity index (χ0v) is 16.8. The molecule has 7 nitrogen and oxygen atoms in total. The Kier molecular flexibility index (Phi) is 5.61. The normalized spacial score (nSPS) is 17.4. The fourth-order valence-electron chi connectivity index (χ4n) is 3.47. The van der Waals surface area contributed by atoms with Gasteiger partial charge < -0.3 is 4.52 Å². The highest BCUT2D eigenvalue weighted by molar-refractivity contribution is 5.54. The Morgan fingerprint density at radius 2 is 1.77 bits per heavy atom. The molecule has 30 heavy (non-hydrogen) atoms. The molecule has 3 heterocycles. The topological polar surface area (TPSA) is 63.2 Å². The minimum Gasteiger partial charge on any atom is -0.337 e. The molecule has 2 aromatic heterocycles. The van der Waals surface area contributed by atoms with Crippen molar-refractivity contribution in [3.8, 4) is 11.4 Å². The van der Waals surface area contributed by atoms with E-state index in [0.29, 0.717) is 31.5 Å². The summed E-state index contributed by atoms with van der Waals surface area (Å²) in [4.78, 5) is 8.84. The van der Waals surface area contributed by atoms with Crippen molar-refractivity contribution in [2.45, 2.75) is 32.7 Å². The summed E-state index contributed by atoms with van der Waals surface area (Å²) < 4.78 is 44.9. The molecule has 1 saturated heterocycles. The molecule has 0 bridgehead atoms. The molecule has 4 rings (SSSR count). The number of rotatable bonds is 5. The van der Waals surface area contributed by atoms with Gasteiger partial charge >= 0.3 is 6.18 Å². The van der Waals surface area contributed by atoms with Crippen LogP contribution in [0.1, 0.15) is 30.1 Å². The average molecular weight is 420 g/mol. The molecule has 0 spiro atoms. The van der Waals surface area contributed by atoms with Crippen LogP contribution in [0.25, 0.3) is 11.4 Å². The van der Waals surface area contributed by atoms with Gasteiger partial charge in [-0.2, -0.15) is 23.3 Å². The molecule has 1 unspecified atom stereocenters. The van der Waals surface area contributed by atoms with Gasteiger partial charge in [-0.05, 0) is 19.9 Å². The van der Waals surface area contributed by atoms with Gasteiger partial charge in [-0.3, -0.25) is 14.5 Å². The maximum absolute atomic E-state index is 12.7. The van der Waals surface area contributed by atoms with Crippen molar-refractivity contribution >= 4 is 0 Å². The van der Waals surface area contributed by atoms with Crippen LogP contribution in [-0.2, 0) is 12.8 Å². The van der Waals surface area contributed by atoms with Gasteiger partial charge in [0.05, 0.1) is 12.7 Å². The molecule has 1 fully saturated rings. The van der Waals surface area contributed by atoms with Crippen LogP contribution in [0.15, 0.2) is 41.1 Å². The summed E-state index contributed by atoms with van der Waals surface area (Å²) in [5.41, 5.74) is 1.21.